The van der Waals surface area contributed by atoms with Crippen molar-refractivity contribution in [1.82, 2.24) is 9.55 Å². The highest BCUT2D eigenvalue weighted by atomic mass is 31.3. The lowest BCUT2D eigenvalue weighted by atomic mass is 10.1. The molecule has 3 aromatic rings. The molecule has 0 spiro atoms. The first-order valence-corrected chi connectivity index (χ1v) is 15.1. The first-order valence-electron chi connectivity index (χ1n) is 10.6. The number of phosphoric acid groups is 2. The van der Waals surface area contributed by atoms with Crippen LogP contribution >= 0.6 is 23.2 Å². The fraction of sp³-hybridized carbons (Fsp3) is 0.263. The highest BCUT2D eigenvalue weighted by Gasteiger charge is 2.47. The van der Waals surface area contributed by atoms with E-state index in [4.69, 9.17) is 4.74 Å². The molecule has 19 heteroatoms. The minimum Gasteiger partial charge on any atom is -0.387 e. The van der Waals surface area contributed by atoms with E-state index >= 15 is 0 Å². The Hall–Kier alpha value is -2.29. The van der Waals surface area contributed by atoms with Gasteiger partial charge in [0.1, 0.15) is 18.3 Å². The quantitative estimate of drug-likeness (QED) is 0.180. The number of aromatic nitrogens is 2. The molecule has 1 fully saturated rings. The van der Waals surface area contributed by atoms with Gasteiger partial charge in [0, 0.05) is 12.3 Å². The topological polar surface area (TPSA) is 244 Å². The summed E-state index contributed by atoms with van der Waals surface area (Å²) in [5.74, 6) is 0. The van der Waals surface area contributed by atoms with Crippen LogP contribution in [-0.2, 0) is 31.6 Å². The van der Waals surface area contributed by atoms with Crippen molar-refractivity contribution in [3.05, 3.63) is 75.6 Å². The van der Waals surface area contributed by atoms with Gasteiger partial charge in [0.2, 0.25) is 0 Å². The molecular weight excluding hydrogens is 573 g/mol. The van der Waals surface area contributed by atoms with Gasteiger partial charge in [0.05, 0.1) is 11.9 Å². The first kappa shape index (κ1) is 28.7. The SMILES string of the molecule is O=c1ccn([C@@H]2O[C@H](COP(=O)(O)OP(=O)(O)OP(=O)(O)c3cccc4ccccc34)[C@@H](O)[C@H]2O)c(=O)[nH]1. The van der Waals surface area contributed by atoms with E-state index in [1.54, 1.807) is 24.3 Å². The molecule has 16 nitrogen and oxygen atoms in total. The molecule has 0 saturated carbocycles. The van der Waals surface area contributed by atoms with Crippen molar-refractivity contribution in [2.75, 3.05) is 6.61 Å². The van der Waals surface area contributed by atoms with Gasteiger partial charge in [-0.25, -0.2) is 18.2 Å². The number of phosphoric ester groups is 1. The van der Waals surface area contributed by atoms with Crippen LogP contribution in [0.2, 0.25) is 0 Å². The molecule has 2 aromatic carbocycles. The number of aromatic amines is 1. The summed E-state index contributed by atoms with van der Waals surface area (Å²) in [4.78, 5) is 55.2. The number of aliphatic hydroxyl groups is 2. The van der Waals surface area contributed by atoms with Crippen LogP contribution in [0.15, 0.2) is 64.3 Å². The van der Waals surface area contributed by atoms with E-state index in [9.17, 15) is 48.2 Å². The number of hydrogen-bond donors (Lipinski definition) is 6. The van der Waals surface area contributed by atoms with E-state index in [1.807, 2.05) is 4.98 Å². The smallest absolute Gasteiger partial charge is 0.387 e. The summed E-state index contributed by atoms with van der Waals surface area (Å²) in [6.45, 7) is -1.01. The summed E-state index contributed by atoms with van der Waals surface area (Å²) in [5.41, 5.74) is -1.72. The fourth-order valence-electron chi connectivity index (χ4n) is 3.70. The molecule has 3 unspecified atom stereocenters. The molecule has 38 heavy (non-hydrogen) atoms. The third-order valence-electron chi connectivity index (χ3n) is 5.36. The largest absolute Gasteiger partial charge is 0.488 e. The highest BCUT2D eigenvalue weighted by molar-refractivity contribution is 7.72. The second kappa shape index (κ2) is 10.7. The predicted molar refractivity (Wildman–Crippen MR) is 128 cm³/mol. The summed E-state index contributed by atoms with van der Waals surface area (Å²) < 4.78 is 56.5. The first-order chi connectivity index (χ1) is 17.7. The van der Waals surface area contributed by atoms with Gasteiger partial charge in [-0.2, -0.15) is 4.31 Å². The number of fused-ring (bicyclic) bond motifs is 1. The molecule has 1 saturated heterocycles. The Morgan fingerprint density at radius 3 is 2.29 bits per heavy atom. The standard InChI is InChI=1S/C19H21N2O14P3/c22-15-8-9-21(19(25)20-15)18-17(24)16(23)13(33-18)10-32-37(28,29)35-38(30,31)34-36(26,27)14-7-3-5-11-4-1-2-6-12(11)14/h1-9,13,16-18,23-24H,10H2,(H,26,27)(H,28,29)(H,30,31)(H,20,22,25)/t13-,16-,17-,18-/m1/s1. The Labute approximate surface area is 212 Å². The van der Waals surface area contributed by atoms with E-state index in [2.05, 4.69) is 13.1 Å². The Kier molecular flexibility index (Phi) is 8.09. The van der Waals surface area contributed by atoms with E-state index in [-0.39, 0.29) is 10.7 Å². The van der Waals surface area contributed by atoms with Crippen LogP contribution in [0.1, 0.15) is 6.23 Å². The fourth-order valence-corrected chi connectivity index (χ4v) is 7.91. The molecule has 0 bridgehead atoms. The molecule has 1 aromatic heterocycles. The van der Waals surface area contributed by atoms with E-state index in [0.29, 0.717) is 5.39 Å². The van der Waals surface area contributed by atoms with Gasteiger partial charge in [0.25, 0.3) is 5.56 Å². The molecule has 206 valence electrons. The molecule has 0 aliphatic carbocycles. The molecular formula is C19H21N2O14P3. The van der Waals surface area contributed by atoms with Crippen molar-refractivity contribution in [2.24, 2.45) is 0 Å². The van der Waals surface area contributed by atoms with Crippen LogP contribution in [0, 0.1) is 0 Å². The van der Waals surface area contributed by atoms with Gasteiger partial charge in [0.15, 0.2) is 6.23 Å². The molecule has 2 heterocycles. The Morgan fingerprint density at radius 1 is 0.895 bits per heavy atom. The van der Waals surface area contributed by atoms with Crippen molar-refractivity contribution in [3.63, 3.8) is 0 Å². The summed E-state index contributed by atoms with van der Waals surface area (Å²) in [6, 6.07) is 11.4. The van der Waals surface area contributed by atoms with Crippen LogP contribution in [0.3, 0.4) is 0 Å². The van der Waals surface area contributed by atoms with E-state index < -0.39 is 65.6 Å². The molecule has 0 amide bonds. The number of nitrogens with zero attached hydrogens (tertiary/aromatic N) is 1. The predicted octanol–water partition coefficient (Wildman–Crippen LogP) is 0.0705. The summed E-state index contributed by atoms with van der Waals surface area (Å²) in [6.07, 6.45) is -5.64. The number of H-pyrrole nitrogens is 1. The molecule has 1 aliphatic heterocycles. The molecule has 4 rings (SSSR count). The van der Waals surface area contributed by atoms with Crippen LogP contribution in [-0.4, -0.2) is 59.4 Å². The average molecular weight is 594 g/mol. The second-order valence-corrected chi connectivity index (χ2v) is 12.9. The van der Waals surface area contributed by atoms with Gasteiger partial charge in [-0.05, 0) is 16.8 Å². The maximum absolute atomic E-state index is 12.8. The number of rotatable bonds is 9. The zero-order chi connectivity index (χ0) is 27.9. The lowest BCUT2D eigenvalue weighted by Crippen LogP contribution is -2.37. The normalized spacial score (nSPS) is 26.4. The number of nitrogens with one attached hydrogen (secondary N) is 1. The van der Waals surface area contributed by atoms with Crippen LogP contribution < -0.4 is 16.6 Å². The van der Waals surface area contributed by atoms with Gasteiger partial charge in [-0.15, -0.1) is 0 Å². The van der Waals surface area contributed by atoms with Gasteiger partial charge in [-0.3, -0.25) is 23.4 Å². The molecule has 1 aliphatic rings. The maximum Gasteiger partial charge on any atom is 0.488 e. The Morgan fingerprint density at radius 2 is 1.58 bits per heavy atom. The van der Waals surface area contributed by atoms with Crippen LogP contribution in [0.5, 0.6) is 0 Å². The Bertz CT molecular complexity index is 1600. The van der Waals surface area contributed by atoms with Crippen molar-refractivity contribution < 1.29 is 56.5 Å². The number of hydrogen-bond acceptors (Lipinski definition) is 11. The molecule has 7 atom stereocenters. The van der Waals surface area contributed by atoms with Crippen molar-refractivity contribution in [3.8, 4) is 0 Å². The van der Waals surface area contributed by atoms with Gasteiger partial charge < -0.3 is 29.6 Å². The van der Waals surface area contributed by atoms with Crippen molar-refractivity contribution in [2.45, 2.75) is 24.5 Å². The zero-order valence-electron chi connectivity index (χ0n) is 18.9. The number of aliphatic hydroxyl groups excluding tert-OH is 2. The van der Waals surface area contributed by atoms with Crippen molar-refractivity contribution >= 4 is 39.3 Å². The van der Waals surface area contributed by atoms with Crippen molar-refractivity contribution in [1.29, 1.82) is 0 Å². The summed E-state index contributed by atoms with van der Waals surface area (Å²) >= 11 is 0. The number of ether oxygens (including phenoxy) is 1. The molecule has 0 radical (unpaired) electrons. The minimum atomic E-state index is -5.72. The second-order valence-electron chi connectivity index (χ2n) is 7.98. The minimum absolute atomic E-state index is 0.214. The molecule has 6 N–H and O–H groups in total. The highest BCUT2D eigenvalue weighted by Crippen LogP contribution is 2.67. The number of benzene rings is 2. The zero-order valence-corrected chi connectivity index (χ0v) is 21.6. The van der Waals surface area contributed by atoms with Gasteiger partial charge in [-0.1, -0.05) is 36.4 Å². The Balaban J connectivity index is 1.43. The third kappa shape index (κ3) is 6.29. The van der Waals surface area contributed by atoms with E-state index in [0.717, 1.165) is 22.9 Å². The van der Waals surface area contributed by atoms with Gasteiger partial charge >= 0.3 is 28.9 Å². The lowest BCUT2D eigenvalue weighted by molar-refractivity contribution is -0.0542. The third-order valence-corrected chi connectivity index (χ3v) is 10.2. The summed E-state index contributed by atoms with van der Waals surface area (Å²) in [7, 11) is -16.3. The summed E-state index contributed by atoms with van der Waals surface area (Å²) in [5, 5.41) is 20.7. The monoisotopic (exact) mass is 594 g/mol. The van der Waals surface area contributed by atoms with Crippen LogP contribution in [0.25, 0.3) is 10.8 Å². The van der Waals surface area contributed by atoms with E-state index in [1.165, 1.54) is 12.1 Å². The van der Waals surface area contributed by atoms with Crippen LogP contribution in [0.4, 0.5) is 0 Å². The lowest BCUT2D eigenvalue weighted by Gasteiger charge is -2.21. The maximum atomic E-state index is 12.8. The average Bonchev–Trinajstić information content (AvgIpc) is 3.09.